The fourth-order valence-electron chi connectivity index (χ4n) is 1.55. The van der Waals surface area contributed by atoms with Crippen molar-refractivity contribution < 1.29 is 9.18 Å². The van der Waals surface area contributed by atoms with Crippen LogP contribution in [0.1, 0.15) is 10.4 Å². The molecule has 22 heavy (non-hydrogen) atoms. The van der Waals surface area contributed by atoms with E-state index >= 15 is 0 Å². The molecule has 1 N–H and O–H groups in total. The molecule has 0 unspecified atom stereocenters. The number of ketones is 1. The maximum absolute atomic E-state index is 13.0. The zero-order valence-electron chi connectivity index (χ0n) is 11.0. The molecule has 0 saturated carbocycles. The van der Waals surface area contributed by atoms with Crippen molar-refractivity contribution in [1.29, 1.82) is 5.26 Å². The molecule has 0 fully saturated rings. The largest absolute Gasteiger partial charge is 0.286 e. The van der Waals surface area contributed by atoms with Gasteiger partial charge in [-0.3, -0.25) is 10.2 Å². The maximum atomic E-state index is 13.0. The first-order valence-electron chi connectivity index (χ1n) is 6.00. The summed E-state index contributed by atoms with van der Waals surface area (Å²) in [7, 11) is 0. The summed E-state index contributed by atoms with van der Waals surface area (Å²) in [4.78, 5) is 12.1. The Bertz CT molecular complexity index is 782. The van der Waals surface area contributed by atoms with Gasteiger partial charge in [0, 0.05) is 10.6 Å². The second kappa shape index (κ2) is 7.03. The topological polar surface area (TPSA) is 65.2 Å². The van der Waals surface area contributed by atoms with E-state index in [0.717, 1.165) is 6.07 Å². The second-order valence-electron chi connectivity index (χ2n) is 4.15. The molecule has 0 aliphatic carbocycles. The van der Waals surface area contributed by atoms with Crippen LogP contribution < -0.4 is 5.43 Å². The van der Waals surface area contributed by atoms with Crippen LogP contribution in [0.5, 0.6) is 0 Å². The van der Waals surface area contributed by atoms with E-state index in [0.29, 0.717) is 10.7 Å². The number of nitriles is 1. The van der Waals surface area contributed by atoms with E-state index in [1.54, 1.807) is 6.07 Å². The minimum atomic E-state index is -0.575. The number of hydrogen-bond donors (Lipinski definition) is 1. The van der Waals surface area contributed by atoms with Crippen LogP contribution in [-0.4, -0.2) is 11.5 Å². The molecule has 4 nitrogen and oxygen atoms in total. The molecule has 0 spiro atoms. The molecule has 0 amide bonds. The Balaban J connectivity index is 2.20. The molecule has 2 rings (SSSR count). The molecule has 0 bridgehead atoms. The van der Waals surface area contributed by atoms with E-state index in [1.807, 2.05) is 0 Å². The maximum Gasteiger partial charge on any atom is 0.223 e. The molecule has 2 aromatic rings. The highest BCUT2D eigenvalue weighted by molar-refractivity contribution is 6.51. The SMILES string of the molecule is N#CC(=NNc1ccc(F)c(Cl)c1)C(=O)c1ccc(Cl)cc1. The molecule has 0 heterocycles. The number of rotatable bonds is 4. The summed E-state index contributed by atoms with van der Waals surface area (Å²) in [6, 6.07) is 11.6. The summed E-state index contributed by atoms with van der Waals surface area (Å²) in [5, 5.41) is 13.1. The first-order chi connectivity index (χ1) is 10.5. The van der Waals surface area contributed by atoms with Gasteiger partial charge in [-0.2, -0.15) is 10.4 Å². The van der Waals surface area contributed by atoms with Gasteiger partial charge in [0.1, 0.15) is 11.9 Å². The molecule has 0 atom stereocenters. The van der Waals surface area contributed by atoms with Crippen molar-refractivity contribution in [3.63, 3.8) is 0 Å². The van der Waals surface area contributed by atoms with Crippen molar-refractivity contribution >= 4 is 40.4 Å². The van der Waals surface area contributed by atoms with Crippen LogP contribution in [0.15, 0.2) is 47.6 Å². The fourth-order valence-corrected chi connectivity index (χ4v) is 1.86. The molecule has 110 valence electrons. The number of carbonyl (C=O) groups excluding carboxylic acids is 1. The summed E-state index contributed by atoms with van der Waals surface area (Å²) in [5.41, 5.74) is 2.78. The van der Waals surface area contributed by atoms with Crippen molar-refractivity contribution in [3.05, 3.63) is 63.9 Å². The van der Waals surface area contributed by atoms with Crippen molar-refractivity contribution in [1.82, 2.24) is 0 Å². The van der Waals surface area contributed by atoms with E-state index < -0.39 is 11.6 Å². The number of benzene rings is 2. The molecular formula is C15H8Cl2FN3O. The molecule has 0 aromatic heterocycles. The average molecular weight is 336 g/mol. The van der Waals surface area contributed by atoms with Gasteiger partial charge in [0.05, 0.1) is 10.7 Å². The van der Waals surface area contributed by atoms with Crippen molar-refractivity contribution in [2.24, 2.45) is 5.10 Å². The summed E-state index contributed by atoms with van der Waals surface area (Å²) < 4.78 is 13.0. The Hall–Kier alpha value is -2.42. The van der Waals surface area contributed by atoms with Gasteiger partial charge in [0.2, 0.25) is 11.5 Å². The lowest BCUT2D eigenvalue weighted by molar-refractivity contribution is 0.106. The van der Waals surface area contributed by atoms with E-state index in [1.165, 1.54) is 36.4 Å². The van der Waals surface area contributed by atoms with Crippen molar-refractivity contribution in [2.45, 2.75) is 0 Å². The lowest BCUT2D eigenvalue weighted by Crippen LogP contribution is -2.14. The molecule has 0 aliphatic heterocycles. The van der Waals surface area contributed by atoms with Crippen LogP contribution in [0.25, 0.3) is 0 Å². The highest BCUT2D eigenvalue weighted by Crippen LogP contribution is 2.19. The number of Topliss-reactive ketones (excluding diaryl/α,β-unsaturated/α-hetero) is 1. The van der Waals surface area contributed by atoms with Gasteiger partial charge >= 0.3 is 0 Å². The van der Waals surface area contributed by atoms with Gasteiger partial charge in [-0.15, -0.1) is 0 Å². The summed E-state index contributed by atoms with van der Waals surface area (Å²) in [6.07, 6.45) is 0. The quantitative estimate of drug-likeness (QED) is 0.514. The lowest BCUT2D eigenvalue weighted by atomic mass is 10.1. The third kappa shape index (κ3) is 3.82. The van der Waals surface area contributed by atoms with E-state index in [9.17, 15) is 9.18 Å². The van der Waals surface area contributed by atoms with Gasteiger partial charge in [0.15, 0.2) is 0 Å². The van der Waals surface area contributed by atoms with Crippen molar-refractivity contribution in [2.75, 3.05) is 5.43 Å². The zero-order valence-corrected chi connectivity index (χ0v) is 12.5. The Kier molecular flexibility index (Phi) is 5.10. The number of hydrogen-bond acceptors (Lipinski definition) is 4. The summed E-state index contributed by atoms with van der Waals surface area (Å²) >= 11 is 11.4. The normalized spacial score (nSPS) is 10.9. The third-order valence-corrected chi connectivity index (χ3v) is 3.19. The smallest absolute Gasteiger partial charge is 0.223 e. The summed E-state index contributed by atoms with van der Waals surface area (Å²) in [5.74, 6) is -1.13. The van der Waals surface area contributed by atoms with E-state index in [4.69, 9.17) is 28.5 Å². The monoisotopic (exact) mass is 335 g/mol. The molecule has 0 radical (unpaired) electrons. The minimum absolute atomic E-state index is 0.0947. The minimum Gasteiger partial charge on any atom is -0.286 e. The highest BCUT2D eigenvalue weighted by atomic mass is 35.5. The predicted molar refractivity (Wildman–Crippen MR) is 83.9 cm³/mol. The zero-order chi connectivity index (χ0) is 16.1. The van der Waals surface area contributed by atoms with Gasteiger partial charge in [-0.25, -0.2) is 4.39 Å². The highest BCUT2D eigenvalue weighted by Gasteiger charge is 2.14. The summed E-state index contributed by atoms with van der Waals surface area (Å²) in [6.45, 7) is 0. The van der Waals surface area contributed by atoms with Crippen molar-refractivity contribution in [3.8, 4) is 6.07 Å². The Morgan fingerprint density at radius 1 is 1.18 bits per heavy atom. The fraction of sp³-hybridized carbons (Fsp3) is 0. The van der Waals surface area contributed by atoms with Crippen LogP contribution in [0.3, 0.4) is 0 Å². The average Bonchev–Trinajstić information content (AvgIpc) is 2.52. The predicted octanol–water partition coefficient (Wildman–Crippen LogP) is 4.31. The number of carbonyl (C=O) groups is 1. The lowest BCUT2D eigenvalue weighted by Gasteiger charge is -2.03. The molecule has 7 heteroatoms. The van der Waals surface area contributed by atoms with Gasteiger partial charge in [0.25, 0.3) is 0 Å². The molecule has 0 aliphatic rings. The van der Waals surface area contributed by atoms with Crippen LogP contribution in [0, 0.1) is 17.1 Å². The number of nitrogens with zero attached hydrogens (tertiary/aromatic N) is 2. The Morgan fingerprint density at radius 3 is 2.45 bits per heavy atom. The first-order valence-corrected chi connectivity index (χ1v) is 6.76. The molecule has 2 aromatic carbocycles. The third-order valence-electron chi connectivity index (χ3n) is 2.64. The van der Waals surface area contributed by atoms with Crippen LogP contribution in [-0.2, 0) is 0 Å². The number of hydrazone groups is 1. The van der Waals surface area contributed by atoms with Crippen LogP contribution in [0.2, 0.25) is 10.0 Å². The van der Waals surface area contributed by atoms with Gasteiger partial charge in [-0.05, 0) is 42.5 Å². The van der Waals surface area contributed by atoms with Gasteiger partial charge in [-0.1, -0.05) is 23.2 Å². The second-order valence-corrected chi connectivity index (χ2v) is 4.99. The van der Waals surface area contributed by atoms with E-state index in [2.05, 4.69) is 10.5 Å². The number of anilines is 1. The van der Waals surface area contributed by atoms with E-state index in [-0.39, 0.29) is 16.3 Å². The molecular weight excluding hydrogens is 328 g/mol. The Labute approximate surface area is 135 Å². The van der Waals surface area contributed by atoms with Gasteiger partial charge < -0.3 is 0 Å². The first kappa shape index (κ1) is 16.0. The Morgan fingerprint density at radius 2 is 1.86 bits per heavy atom. The van der Waals surface area contributed by atoms with Crippen LogP contribution >= 0.6 is 23.2 Å². The number of nitrogens with one attached hydrogen (secondary N) is 1. The van der Waals surface area contributed by atoms with Crippen LogP contribution in [0.4, 0.5) is 10.1 Å². The number of halogens is 3. The standard InChI is InChI=1S/C15H8Cl2FN3O/c16-10-3-1-9(2-4-10)15(22)14(8-19)21-20-11-5-6-13(18)12(17)7-11/h1-7,20H. The molecule has 0 saturated heterocycles.